The molecular formula is C25H45N3O2. The van der Waals surface area contributed by atoms with Gasteiger partial charge in [0.1, 0.15) is 5.66 Å². The molecule has 30 heavy (non-hydrogen) atoms. The number of amides is 1. The van der Waals surface area contributed by atoms with Crippen LogP contribution >= 0.6 is 0 Å². The van der Waals surface area contributed by atoms with E-state index in [1.807, 2.05) is 0 Å². The van der Waals surface area contributed by atoms with E-state index in [1.165, 1.54) is 6.42 Å². The van der Waals surface area contributed by atoms with Crippen molar-refractivity contribution in [1.29, 1.82) is 0 Å². The van der Waals surface area contributed by atoms with Crippen LogP contribution in [0.3, 0.4) is 0 Å². The summed E-state index contributed by atoms with van der Waals surface area (Å²) in [4.78, 5) is 23.3. The first kappa shape index (κ1) is 23.6. The third-order valence-electron chi connectivity index (χ3n) is 8.04. The summed E-state index contributed by atoms with van der Waals surface area (Å²) in [6, 6.07) is 0.217. The van der Waals surface area contributed by atoms with E-state index in [-0.39, 0.29) is 23.0 Å². The minimum atomic E-state index is -0.331. The number of amidine groups is 1. The first-order valence-electron chi connectivity index (χ1n) is 12.3. The lowest BCUT2D eigenvalue weighted by Crippen LogP contribution is -2.55. The monoisotopic (exact) mass is 419 g/mol. The van der Waals surface area contributed by atoms with Crippen LogP contribution in [0.4, 0.5) is 0 Å². The molecule has 1 aliphatic carbocycles. The van der Waals surface area contributed by atoms with Crippen molar-refractivity contribution in [3.8, 4) is 0 Å². The zero-order chi connectivity index (χ0) is 22.2. The summed E-state index contributed by atoms with van der Waals surface area (Å²) >= 11 is 0. The van der Waals surface area contributed by atoms with Gasteiger partial charge in [0, 0.05) is 19.1 Å². The van der Waals surface area contributed by atoms with Crippen molar-refractivity contribution in [2.75, 3.05) is 26.3 Å². The summed E-state index contributed by atoms with van der Waals surface area (Å²) in [5.74, 6) is 1.58. The average Bonchev–Trinajstić information content (AvgIpc) is 2.98. The molecule has 2 aliphatic heterocycles. The van der Waals surface area contributed by atoms with Crippen molar-refractivity contribution in [3.63, 3.8) is 0 Å². The van der Waals surface area contributed by atoms with Crippen LogP contribution in [0.1, 0.15) is 93.4 Å². The van der Waals surface area contributed by atoms with Crippen LogP contribution in [0.15, 0.2) is 4.99 Å². The second kappa shape index (κ2) is 8.80. The zero-order valence-electron chi connectivity index (χ0n) is 20.6. The fourth-order valence-electron chi connectivity index (χ4n) is 5.46. The lowest BCUT2D eigenvalue weighted by molar-refractivity contribution is -0.133. The highest BCUT2D eigenvalue weighted by atomic mass is 16.5. The second-order valence-electron chi connectivity index (χ2n) is 11.8. The van der Waals surface area contributed by atoms with Gasteiger partial charge in [-0.15, -0.1) is 0 Å². The maximum absolute atomic E-state index is 13.7. The normalized spacial score (nSPS) is 29.5. The molecule has 5 heteroatoms. The molecule has 1 unspecified atom stereocenters. The molecule has 1 atom stereocenters. The molecule has 0 radical (unpaired) electrons. The van der Waals surface area contributed by atoms with Crippen molar-refractivity contribution >= 4 is 11.7 Å². The number of ether oxygens (including phenoxy) is 1. The molecule has 0 aromatic heterocycles. The highest BCUT2D eigenvalue weighted by Crippen LogP contribution is 2.48. The van der Waals surface area contributed by atoms with Crippen LogP contribution in [0.2, 0.25) is 0 Å². The van der Waals surface area contributed by atoms with E-state index in [0.717, 1.165) is 57.5 Å². The molecule has 1 saturated carbocycles. The van der Waals surface area contributed by atoms with Crippen LogP contribution < -0.4 is 0 Å². The molecule has 3 rings (SSSR count). The summed E-state index contributed by atoms with van der Waals surface area (Å²) in [7, 11) is 0. The molecule has 2 fully saturated rings. The number of aliphatic imine (C=N–C) groups is 1. The Hall–Kier alpha value is -1.10. The van der Waals surface area contributed by atoms with E-state index in [9.17, 15) is 4.79 Å². The fraction of sp³-hybridized carbons (Fsp3) is 0.920. The van der Waals surface area contributed by atoms with Gasteiger partial charge in [-0.05, 0) is 62.2 Å². The Morgan fingerprint density at radius 1 is 1.13 bits per heavy atom. The molecule has 1 spiro atoms. The molecule has 2 heterocycles. The van der Waals surface area contributed by atoms with E-state index in [2.05, 4.69) is 58.3 Å². The largest absolute Gasteiger partial charge is 0.378 e. The SMILES string of the molecule is CCC(C)(C)C1CCC2(CC1)N=C(N1CCOCC1)C(=O)N2C(C)CCC(C)(C)C. The molecule has 0 N–H and O–H groups in total. The Labute approximate surface area is 184 Å². The summed E-state index contributed by atoms with van der Waals surface area (Å²) < 4.78 is 5.52. The first-order chi connectivity index (χ1) is 14.0. The molecule has 5 nitrogen and oxygen atoms in total. The highest BCUT2D eigenvalue weighted by molar-refractivity contribution is 6.39. The Morgan fingerprint density at radius 2 is 1.73 bits per heavy atom. The second-order valence-corrected chi connectivity index (χ2v) is 11.8. The maximum Gasteiger partial charge on any atom is 0.291 e. The van der Waals surface area contributed by atoms with Gasteiger partial charge in [0.05, 0.1) is 13.2 Å². The van der Waals surface area contributed by atoms with Crippen LogP contribution in [0, 0.1) is 16.7 Å². The Morgan fingerprint density at radius 3 is 2.27 bits per heavy atom. The van der Waals surface area contributed by atoms with E-state index in [4.69, 9.17) is 9.73 Å². The quantitative estimate of drug-likeness (QED) is 0.623. The summed E-state index contributed by atoms with van der Waals surface area (Å²) in [6.07, 6.45) is 7.69. The lowest BCUT2D eigenvalue weighted by atomic mass is 9.67. The average molecular weight is 420 g/mol. The van der Waals surface area contributed by atoms with E-state index in [0.29, 0.717) is 24.5 Å². The number of hydrogen-bond acceptors (Lipinski definition) is 4. The number of carbonyl (C=O) groups is 1. The molecule has 3 aliphatic rings. The minimum Gasteiger partial charge on any atom is -0.378 e. The van der Waals surface area contributed by atoms with Gasteiger partial charge < -0.3 is 14.5 Å². The lowest BCUT2D eigenvalue weighted by Gasteiger charge is -2.47. The number of rotatable bonds is 5. The Bertz CT molecular complexity index is 635. The highest BCUT2D eigenvalue weighted by Gasteiger charge is 2.52. The molecule has 172 valence electrons. The van der Waals surface area contributed by atoms with Gasteiger partial charge in [0.15, 0.2) is 5.84 Å². The van der Waals surface area contributed by atoms with Gasteiger partial charge in [-0.2, -0.15) is 0 Å². The molecule has 1 saturated heterocycles. The van der Waals surface area contributed by atoms with E-state index < -0.39 is 0 Å². The van der Waals surface area contributed by atoms with Crippen molar-refractivity contribution < 1.29 is 9.53 Å². The van der Waals surface area contributed by atoms with E-state index >= 15 is 0 Å². The fourth-order valence-corrected chi connectivity index (χ4v) is 5.46. The predicted octanol–water partition coefficient (Wildman–Crippen LogP) is 5.10. The van der Waals surface area contributed by atoms with Gasteiger partial charge in [0.25, 0.3) is 5.91 Å². The topological polar surface area (TPSA) is 45.1 Å². The van der Waals surface area contributed by atoms with Crippen LogP contribution in [0.25, 0.3) is 0 Å². The van der Waals surface area contributed by atoms with Gasteiger partial charge >= 0.3 is 0 Å². The van der Waals surface area contributed by atoms with Gasteiger partial charge in [-0.25, -0.2) is 4.99 Å². The standard InChI is InChI=1S/C25H45N3O2/c1-8-24(6,7)20-10-13-25(14-11-20)26-21(27-15-17-30-18-16-27)22(29)28(25)19(2)9-12-23(3,4)5/h19-20H,8-18H2,1-7H3. The maximum atomic E-state index is 13.7. The number of nitrogens with zero attached hydrogens (tertiary/aromatic N) is 3. The van der Waals surface area contributed by atoms with Crippen molar-refractivity contribution in [1.82, 2.24) is 9.80 Å². The summed E-state index contributed by atoms with van der Waals surface area (Å²) in [5.41, 5.74) is 0.312. The molecule has 0 aromatic carbocycles. The van der Waals surface area contributed by atoms with Crippen molar-refractivity contribution in [2.45, 2.75) is 105 Å². The van der Waals surface area contributed by atoms with E-state index in [1.54, 1.807) is 0 Å². The molecule has 1 amide bonds. The zero-order valence-corrected chi connectivity index (χ0v) is 20.6. The summed E-state index contributed by atoms with van der Waals surface area (Å²) in [6.45, 7) is 19.1. The van der Waals surface area contributed by atoms with Crippen LogP contribution in [0.5, 0.6) is 0 Å². The Kier molecular flexibility index (Phi) is 6.91. The number of hydrogen-bond donors (Lipinski definition) is 0. The molecular weight excluding hydrogens is 374 g/mol. The minimum absolute atomic E-state index is 0.159. The van der Waals surface area contributed by atoms with Crippen molar-refractivity contribution in [2.24, 2.45) is 21.7 Å². The third kappa shape index (κ3) is 4.87. The summed E-state index contributed by atoms with van der Waals surface area (Å²) in [5, 5.41) is 0. The van der Waals surface area contributed by atoms with Crippen molar-refractivity contribution in [3.05, 3.63) is 0 Å². The van der Waals surface area contributed by atoms with Gasteiger partial charge in [-0.3, -0.25) is 4.79 Å². The van der Waals surface area contributed by atoms with Crippen LogP contribution in [-0.2, 0) is 9.53 Å². The van der Waals surface area contributed by atoms with Gasteiger partial charge in [-0.1, -0.05) is 48.0 Å². The number of carbonyl (C=O) groups excluding carboxylic acids is 1. The van der Waals surface area contributed by atoms with Crippen LogP contribution in [-0.4, -0.2) is 59.6 Å². The number of morpholine rings is 1. The molecule has 0 aromatic rings. The molecule has 0 bridgehead atoms. The predicted molar refractivity (Wildman–Crippen MR) is 124 cm³/mol. The smallest absolute Gasteiger partial charge is 0.291 e. The third-order valence-corrected chi connectivity index (χ3v) is 8.04. The first-order valence-corrected chi connectivity index (χ1v) is 12.3. The van der Waals surface area contributed by atoms with Gasteiger partial charge in [0.2, 0.25) is 0 Å². The Balaban J connectivity index is 1.83.